The van der Waals surface area contributed by atoms with Gasteiger partial charge in [-0.25, -0.2) is 14.8 Å². The number of hydrogen-bond donors (Lipinski definition) is 1. The van der Waals surface area contributed by atoms with Crippen LogP contribution in [0.15, 0.2) is 6.07 Å². The molecule has 2 heterocycles. The molecule has 1 atom stereocenters. The highest BCUT2D eigenvalue weighted by molar-refractivity contribution is 6.32. The number of ether oxygens (including phenoxy) is 1. The van der Waals surface area contributed by atoms with Gasteiger partial charge in [-0.1, -0.05) is 11.6 Å². The summed E-state index contributed by atoms with van der Waals surface area (Å²) in [6.45, 7) is 0.0915. The molecule has 1 aliphatic rings. The van der Waals surface area contributed by atoms with Crippen molar-refractivity contribution in [1.29, 1.82) is 0 Å². The van der Waals surface area contributed by atoms with E-state index in [1.54, 1.807) is 0 Å². The summed E-state index contributed by atoms with van der Waals surface area (Å²) in [5.74, 6) is -0.410. The zero-order valence-electron chi connectivity index (χ0n) is 9.89. The summed E-state index contributed by atoms with van der Waals surface area (Å²) >= 11 is 11.5. The van der Waals surface area contributed by atoms with E-state index in [0.29, 0.717) is 5.82 Å². The van der Waals surface area contributed by atoms with Gasteiger partial charge < -0.3 is 15.0 Å². The van der Waals surface area contributed by atoms with Gasteiger partial charge >= 0.3 is 5.97 Å². The van der Waals surface area contributed by atoms with E-state index in [-0.39, 0.29) is 29.4 Å². The number of carbonyl (C=O) groups is 2. The Kier molecular flexibility index (Phi) is 4.06. The van der Waals surface area contributed by atoms with Crippen LogP contribution in [0.1, 0.15) is 0 Å². The third-order valence-electron chi connectivity index (χ3n) is 2.60. The summed E-state index contributed by atoms with van der Waals surface area (Å²) in [5.41, 5.74) is 0. The van der Waals surface area contributed by atoms with Gasteiger partial charge in [0.2, 0.25) is 11.2 Å². The Labute approximate surface area is 118 Å². The lowest BCUT2D eigenvalue weighted by Gasteiger charge is -2.34. The zero-order chi connectivity index (χ0) is 14.0. The van der Waals surface area contributed by atoms with E-state index in [9.17, 15) is 9.59 Å². The van der Waals surface area contributed by atoms with Crippen LogP contribution in [-0.4, -0.2) is 48.1 Å². The Morgan fingerprint density at radius 1 is 1.53 bits per heavy atom. The molecule has 1 aromatic rings. The minimum absolute atomic E-state index is 0.0383. The Balaban J connectivity index is 2.36. The fourth-order valence-electron chi connectivity index (χ4n) is 1.75. The molecule has 1 fully saturated rings. The quantitative estimate of drug-likeness (QED) is 0.479. The van der Waals surface area contributed by atoms with Crippen LogP contribution >= 0.6 is 23.2 Å². The monoisotopic (exact) mass is 304 g/mol. The zero-order valence-corrected chi connectivity index (χ0v) is 11.4. The average molecular weight is 305 g/mol. The molecule has 0 aliphatic carbocycles. The lowest BCUT2D eigenvalue weighted by atomic mass is 10.2. The Hall–Kier alpha value is -1.60. The molecule has 1 N–H and O–H groups in total. The van der Waals surface area contributed by atoms with E-state index < -0.39 is 12.0 Å². The highest BCUT2D eigenvalue weighted by Crippen LogP contribution is 2.21. The predicted octanol–water partition coefficient (Wildman–Crippen LogP) is 0.261. The first-order chi connectivity index (χ1) is 9.01. The highest BCUT2D eigenvalue weighted by Gasteiger charge is 2.34. The van der Waals surface area contributed by atoms with Gasteiger partial charge in [-0.15, -0.1) is 0 Å². The first-order valence-electron chi connectivity index (χ1n) is 5.32. The van der Waals surface area contributed by atoms with Gasteiger partial charge in [0.05, 0.1) is 13.7 Å². The lowest BCUT2D eigenvalue weighted by Crippen LogP contribution is -2.58. The van der Waals surface area contributed by atoms with E-state index in [0.717, 1.165) is 0 Å². The van der Waals surface area contributed by atoms with E-state index in [4.69, 9.17) is 27.9 Å². The van der Waals surface area contributed by atoms with Gasteiger partial charge in [-0.3, -0.25) is 4.79 Å². The van der Waals surface area contributed by atoms with Gasteiger partial charge in [0.15, 0.2) is 0 Å². The van der Waals surface area contributed by atoms with Crippen molar-refractivity contribution in [3.63, 3.8) is 0 Å². The van der Waals surface area contributed by atoms with Crippen LogP contribution < -0.4 is 10.2 Å². The molecule has 0 spiro atoms. The molecule has 1 unspecified atom stereocenters. The maximum atomic E-state index is 11.7. The average Bonchev–Trinajstić information content (AvgIpc) is 2.36. The van der Waals surface area contributed by atoms with Gasteiger partial charge in [-0.05, 0) is 11.6 Å². The summed E-state index contributed by atoms with van der Waals surface area (Å²) in [6.07, 6.45) is 0. The number of aromatic nitrogens is 2. The number of hydrogen-bond acceptors (Lipinski definition) is 6. The number of halogens is 2. The first-order valence-corrected chi connectivity index (χ1v) is 6.08. The second kappa shape index (κ2) is 5.58. The predicted molar refractivity (Wildman–Crippen MR) is 68.2 cm³/mol. The lowest BCUT2D eigenvalue weighted by molar-refractivity contribution is -0.142. The van der Waals surface area contributed by atoms with Gasteiger partial charge in [0, 0.05) is 12.6 Å². The van der Waals surface area contributed by atoms with E-state index in [2.05, 4.69) is 15.3 Å². The van der Waals surface area contributed by atoms with Crippen molar-refractivity contribution in [1.82, 2.24) is 15.3 Å². The normalized spacial score (nSPS) is 19.0. The number of nitrogens with zero attached hydrogens (tertiary/aromatic N) is 3. The number of rotatable bonds is 2. The first kappa shape index (κ1) is 13.8. The Bertz CT molecular complexity index is 505. The largest absolute Gasteiger partial charge is 0.467 e. The number of esters is 1. The Morgan fingerprint density at radius 2 is 2.26 bits per heavy atom. The summed E-state index contributed by atoms with van der Waals surface area (Å²) in [7, 11) is 1.27. The number of carbonyl (C=O) groups excluding carboxylic acids is 2. The number of amides is 1. The minimum Gasteiger partial charge on any atom is -0.467 e. The molecule has 0 aromatic carbocycles. The number of anilines is 1. The molecule has 19 heavy (non-hydrogen) atoms. The number of piperazine rings is 1. The van der Waals surface area contributed by atoms with Crippen molar-refractivity contribution in [2.75, 3.05) is 25.1 Å². The fourth-order valence-corrected chi connectivity index (χ4v) is 2.15. The van der Waals surface area contributed by atoms with E-state index in [1.807, 2.05) is 0 Å². The molecule has 9 heteroatoms. The molecular formula is C10H10Cl2N4O3. The molecule has 2 rings (SSSR count). The number of methoxy groups -OCH3 is 1. The molecule has 1 amide bonds. The molecule has 0 bridgehead atoms. The summed E-state index contributed by atoms with van der Waals surface area (Å²) in [5, 5.41) is 2.66. The molecule has 1 aromatic heterocycles. The molecule has 1 aliphatic heterocycles. The third-order valence-corrected chi connectivity index (χ3v) is 2.97. The van der Waals surface area contributed by atoms with Gasteiger partial charge in [-0.2, -0.15) is 0 Å². The van der Waals surface area contributed by atoms with Crippen molar-refractivity contribution in [2.24, 2.45) is 0 Å². The van der Waals surface area contributed by atoms with Crippen molar-refractivity contribution in [3.05, 3.63) is 16.5 Å². The second-order valence-electron chi connectivity index (χ2n) is 3.79. The topological polar surface area (TPSA) is 84.4 Å². The van der Waals surface area contributed by atoms with Crippen molar-refractivity contribution < 1.29 is 14.3 Å². The highest BCUT2D eigenvalue weighted by atomic mass is 35.5. The summed E-state index contributed by atoms with van der Waals surface area (Å²) in [4.78, 5) is 32.3. The van der Waals surface area contributed by atoms with Crippen LogP contribution in [0, 0.1) is 0 Å². The van der Waals surface area contributed by atoms with E-state index >= 15 is 0 Å². The van der Waals surface area contributed by atoms with Crippen molar-refractivity contribution in [3.8, 4) is 0 Å². The SMILES string of the molecule is COC(=O)C1CNC(=O)CN1c1cc(Cl)nc(Cl)n1. The Morgan fingerprint density at radius 3 is 2.89 bits per heavy atom. The summed E-state index contributed by atoms with van der Waals surface area (Å²) < 4.78 is 4.70. The molecule has 0 saturated carbocycles. The van der Waals surface area contributed by atoms with Crippen molar-refractivity contribution >= 4 is 40.9 Å². The third kappa shape index (κ3) is 3.05. The van der Waals surface area contributed by atoms with E-state index in [1.165, 1.54) is 18.1 Å². The molecule has 0 radical (unpaired) electrons. The summed E-state index contributed by atoms with van der Waals surface area (Å²) in [6, 6.07) is 0.756. The fraction of sp³-hybridized carbons (Fsp3) is 0.400. The van der Waals surface area contributed by atoms with Gasteiger partial charge in [0.25, 0.3) is 0 Å². The van der Waals surface area contributed by atoms with Crippen LogP contribution in [0.25, 0.3) is 0 Å². The minimum atomic E-state index is -0.676. The van der Waals surface area contributed by atoms with Crippen LogP contribution in [-0.2, 0) is 14.3 Å². The molecule has 7 nitrogen and oxygen atoms in total. The number of nitrogens with one attached hydrogen (secondary N) is 1. The maximum Gasteiger partial charge on any atom is 0.330 e. The smallest absolute Gasteiger partial charge is 0.330 e. The second-order valence-corrected chi connectivity index (χ2v) is 4.51. The van der Waals surface area contributed by atoms with Crippen LogP contribution in [0.3, 0.4) is 0 Å². The van der Waals surface area contributed by atoms with Gasteiger partial charge in [0.1, 0.15) is 17.0 Å². The van der Waals surface area contributed by atoms with Crippen molar-refractivity contribution in [2.45, 2.75) is 6.04 Å². The molecular weight excluding hydrogens is 295 g/mol. The van der Waals surface area contributed by atoms with Crippen LogP contribution in [0.4, 0.5) is 5.82 Å². The maximum absolute atomic E-state index is 11.7. The van der Waals surface area contributed by atoms with Crippen LogP contribution in [0.5, 0.6) is 0 Å². The van der Waals surface area contributed by atoms with Crippen LogP contribution in [0.2, 0.25) is 10.4 Å². The molecule has 1 saturated heterocycles. The molecule has 102 valence electrons. The standard InChI is InChI=1S/C10H10Cl2N4O3/c1-19-9(18)5-3-13-8(17)4-16(5)7-2-6(11)14-10(12)15-7/h2,5H,3-4H2,1H3,(H,13,17).